The maximum atomic E-state index is 5.53. The molecule has 7 heteroatoms. The molecule has 0 spiro atoms. The number of benzene rings is 1. The van der Waals surface area contributed by atoms with Crippen molar-refractivity contribution in [3.63, 3.8) is 0 Å². The van der Waals surface area contributed by atoms with Crippen LogP contribution in [0.3, 0.4) is 0 Å². The van der Waals surface area contributed by atoms with E-state index in [4.69, 9.17) is 4.52 Å². The molecule has 4 rings (SSSR count). The van der Waals surface area contributed by atoms with Gasteiger partial charge in [-0.25, -0.2) is 4.98 Å². The van der Waals surface area contributed by atoms with E-state index in [1.165, 1.54) is 16.8 Å². The highest BCUT2D eigenvalue weighted by molar-refractivity contribution is 5.56. The predicted octanol–water partition coefficient (Wildman–Crippen LogP) is 3.92. The van der Waals surface area contributed by atoms with Gasteiger partial charge in [-0.15, -0.1) is 0 Å². The number of anilines is 2. The number of pyridine rings is 1. The van der Waals surface area contributed by atoms with Crippen molar-refractivity contribution in [3.05, 3.63) is 53.5 Å². The Kier molecular flexibility index (Phi) is 6.51. The third kappa shape index (κ3) is 4.88. The first-order valence-electron chi connectivity index (χ1n) is 11.2. The van der Waals surface area contributed by atoms with Crippen LogP contribution in [0.5, 0.6) is 0 Å². The first-order chi connectivity index (χ1) is 15.1. The Labute approximate surface area is 184 Å². The van der Waals surface area contributed by atoms with E-state index in [0.717, 1.165) is 50.6 Å². The summed E-state index contributed by atoms with van der Waals surface area (Å²) in [4.78, 5) is 16.2. The van der Waals surface area contributed by atoms with Crippen LogP contribution in [0, 0.1) is 13.8 Å². The molecule has 0 bridgehead atoms. The molecule has 7 nitrogen and oxygen atoms in total. The third-order valence-electron chi connectivity index (χ3n) is 6.00. The van der Waals surface area contributed by atoms with Gasteiger partial charge in [0.25, 0.3) is 0 Å². The standard InChI is InChI=1S/C24H32N6O/c1-5-29(6-2)22-10-9-20(16-25-22)24-26-23(31-27-24)17-28-11-13-30(14-12-28)21-15-18(3)7-8-19(21)4/h7-10,15-16H,5-6,11-14,17H2,1-4H3. The van der Waals surface area contributed by atoms with Gasteiger partial charge in [-0.1, -0.05) is 17.3 Å². The van der Waals surface area contributed by atoms with E-state index in [1.54, 1.807) is 0 Å². The van der Waals surface area contributed by atoms with Crippen molar-refractivity contribution >= 4 is 11.5 Å². The van der Waals surface area contributed by atoms with Crippen molar-refractivity contribution in [1.82, 2.24) is 20.0 Å². The van der Waals surface area contributed by atoms with Gasteiger partial charge in [0.15, 0.2) is 0 Å². The van der Waals surface area contributed by atoms with E-state index < -0.39 is 0 Å². The number of aryl methyl sites for hydroxylation is 2. The van der Waals surface area contributed by atoms with Crippen molar-refractivity contribution in [2.24, 2.45) is 0 Å². The Morgan fingerprint density at radius 2 is 1.77 bits per heavy atom. The second-order valence-electron chi connectivity index (χ2n) is 8.14. The molecule has 0 unspecified atom stereocenters. The van der Waals surface area contributed by atoms with E-state index in [0.29, 0.717) is 18.3 Å². The smallest absolute Gasteiger partial charge is 0.241 e. The van der Waals surface area contributed by atoms with E-state index >= 15 is 0 Å². The molecule has 164 valence electrons. The van der Waals surface area contributed by atoms with Crippen LogP contribution < -0.4 is 9.80 Å². The summed E-state index contributed by atoms with van der Waals surface area (Å²) in [6, 6.07) is 10.7. The van der Waals surface area contributed by atoms with Gasteiger partial charge in [0.05, 0.1) is 6.54 Å². The predicted molar refractivity (Wildman–Crippen MR) is 124 cm³/mol. The highest BCUT2D eigenvalue weighted by Crippen LogP contribution is 2.24. The Balaban J connectivity index is 1.35. The zero-order chi connectivity index (χ0) is 21.8. The zero-order valence-electron chi connectivity index (χ0n) is 19.0. The Hall–Kier alpha value is -2.93. The summed E-state index contributed by atoms with van der Waals surface area (Å²) in [7, 11) is 0. The number of hydrogen-bond donors (Lipinski definition) is 0. The van der Waals surface area contributed by atoms with Crippen LogP contribution in [0.25, 0.3) is 11.4 Å². The van der Waals surface area contributed by atoms with Crippen molar-refractivity contribution in [2.45, 2.75) is 34.2 Å². The van der Waals surface area contributed by atoms with Crippen LogP contribution in [0.4, 0.5) is 11.5 Å². The average molecular weight is 421 g/mol. The van der Waals surface area contributed by atoms with Crippen molar-refractivity contribution in [1.29, 1.82) is 0 Å². The highest BCUT2D eigenvalue weighted by Gasteiger charge is 2.21. The molecule has 0 atom stereocenters. The molecule has 1 saturated heterocycles. The summed E-state index contributed by atoms with van der Waals surface area (Å²) >= 11 is 0. The fourth-order valence-corrected chi connectivity index (χ4v) is 4.09. The lowest BCUT2D eigenvalue weighted by Gasteiger charge is -2.36. The Morgan fingerprint density at radius 3 is 2.45 bits per heavy atom. The second kappa shape index (κ2) is 9.47. The van der Waals surface area contributed by atoms with Crippen LogP contribution in [-0.4, -0.2) is 59.3 Å². The minimum Gasteiger partial charge on any atom is -0.369 e. The quantitative estimate of drug-likeness (QED) is 0.574. The first kappa shape index (κ1) is 21.3. The molecule has 3 heterocycles. The molecule has 1 aromatic carbocycles. The highest BCUT2D eigenvalue weighted by atomic mass is 16.5. The number of nitrogens with zero attached hydrogens (tertiary/aromatic N) is 6. The van der Waals surface area contributed by atoms with Gasteiger partial charge in [-0.3, -0.25) is 4.90 Å². The molecule has 1 aliphatic rings. The number of rotatable bonds is 7. The van der Waals surface area contributed by atoms with Crippen LogP contribution in [0.1, 0.15) is 30.9 Å². The van der Waals surface area contributed by atoms with Gasteiger partial charge in [0.1, 0.15) is 5.82 Å². The molecule has 0 saturated carbocycles. The lowest BCUT2D eigenvalue weighted by molar-refractivity contribution is 0.215. The van der Waals surface area contributed by atoms with Crippen molar-refractivity contribution in [3.8, 4) is 11.4 Å². The first-order valence-corrected chi connectivity index (χ1v) is 11.2. The normalized spacial score (nSPS) is 14.8. The summed E-state index contributed by atoms with van der Waals surface area (Å²) in [6.07, 6.45) is 1.82. The zero-order valence-corrected chi connectivity index (χ0v) is 19.0. The van der Waals surface area contributed by atoms with Gasteiger partial charge in [-0.2, -0.15) is 4.98 Å². The second-order valence-corrected chi connectivity index (χ2v) is 8.14. The molecule has 0 amide bonds. The summed E-state index contributed by atoms with van der Waals surface area (Å²) < 4.78 is 5.53. The lowest BCUT2D eigenvalue weighted by atomic mass is 10.1. The Bertz CT molecular complexity index is 988. The molecule has 3 aromatic rings. The topological polar surface area (TPSA) is 61.5 Å². The fraction of sp³-hybridized carbons (Fsp3) is 0.458. The molecule has 0 radical (unpaired) electrons. The molecule has 0 N–H and O–H groups in total. The van der Waals surface area contributed by atoms with Gasteiger partial charge >= 0.3 is 0 Å². The molecule has 0 aliphatic carbocycles. The van der Waals surface area contributed by atoms with Crippen LogP contribution >= 0.6 is 0 Å². The van der Waals surface area contributed by atoms with E-state index in [2.05, 4.69) is 75.7 Å². The number of aromatic nitrogens is 3. The molecule has 31 heavy (non-hydrogen) atoms. The van der Waals surface area contributed by atoms with E-state index in [1.807, 2.05) is 18.3 Å². The van der Waals surface area contributed by atoms with Crippen molar-refractivity contribution in [2.75, 3.05) is 49.1 Å². The van der Waals surface area contributed by atoms with Gasteiger partial charge in [-0.05, 0) is 57.0 Å². The summed E-state index contributed by atoms with van der Waals surface area (Å²) in [5.74, 6) is 2.23. The minimum atomic E-state index is 0.600. The maximum absolute atomic E-state index is 5.53. The Morgan fingerprint density at radius 1 is 1.00 bits per heavy atom. The summed E-state index contributed by atoms with van der Waals surface area (Å²) in [5.41, 5.74) is 4.87. The number of piperazine rings is 1. The minimum absolute atomic E-state index is 0.600. The molecule has 1 aliphatic heterocycles. The van der Waals surface area contributed by atoms with E-state index in [-0.39, 0.29) is 0 Å². The molecule has 2 aromatic heterocycles. The van der Waals surface area contributed by atoms with Gasteiger partial charge < -0.3 is 14.3 Å². The third-order valence-corrected chi connectivity index (χ3v) is 6.00. The summed E-state index contributed by atoms with van der Waals surface area (Å²) in [6.45, 7) is 15.1. The largest absolute Gasteiger partial charge is 0.369 e. The maximum Gasteiger partial charge on any atom is 0.241 e. The number of hydrogen-bond acceptors (Lipinski definition) is 7. The SMILES string of the molecule is CCN(CC)c1ccc(-c2noc(CN3CCN(c4cc(C)ccc4C)CC3)n2)cn1. The monoisotopic (exact) mass is 420 g/mol. The van der Waals surface area contributed by atoms with Crippen molar-refractivity contribution < 1.29 is 4.52 Å². The molecular weight excluding hydrogens is 388 g/mol. The fourth-order valence-electron chi connectivity index (χ4n) is 4.09. The summed E-state index contributed by atoms with van der Waals surface area (Å²) in [5, 5.41) is 4.17. The lowest BCUT2D eigenvalue weighted by Crippen LogP contribution is -2.46. The molecule has 1 fully saturated rings. The molecular formula is C24H32N6O. The van der Waals surface area contributed by atoms with Gasteiger partial charge in [0, 0.05) is 56.7 Å². The van der Waals surface area contributed by atoms with Gasteiger partial charge in [0.2, 0.25) is 11.7 Å². The van der Waals surface area contributed by atoms with E-state index in [9.17, 15) is 0 Å². The van der Waals surface area contributed by atoms with Crippen LogP contribution in [-0.2, 0) is 6.54 Å². The van der Waals surface area contributed by atoms with Crippen LogP contribution in [0.15, 0.2) is 41.1 Å². The average Bonchev–Trinajstić information content (AvgIpc) is 3.26. The van der Waals surface area contributed by atoms with Crippen LogP contribution in [0.2, 0.25) is 0 Å².